The van der Waals surface area contributed by atoms with Crippen LogP contribution >= 0.6 is 0 Å². The molecule has 2 aliphatic heterocycles. The van der Waals surface area contributed by atoms with Gasteiger partial charge in [-0.15, -0.1) is 0 Å². The maximum absolute atomic E-state index is 13.1. The van der Waals surface area contributed by atoms with Gasteiger partial charge in [0.05, 0.1) is 7.11 Å². The van der Waals surface area contributed by atoms with Crippen LogP contribution in [0.5, 0.6) is 5.75 Å². The number of oxazole rings is 1. The molecule has 0 N–H and O–H groups in total. The Morgan fingerprint density at radius 3 is 2.41 bits per heavy atom. The van der Waals surface area contributed by atoms with E-state index in [1.54, 1.807) is 7.11 Å². The number of carbonyl (C=O) groups is 1. The van der Waals surface area contributed by atoms with Crippen LogP contribution in [0.2, 0.25) is 0 Å². The van der Waals surface area contributed by atoms with E-state index in [-0.39, 0.29) is 5.92 Å². The van der Waals surface area contributed by atoms with Gasteiger partial charge in [-0.1, -0.05) is 24.3 Å². The fourth-order valence-corrected chi connectivity index (χ4v) is 4.69. The number of aromatic nitrogens is 1. The van der Waals surface area contributed by atoms with Crippen molar-refractivity contribution in [3.05, 3.63) is 54.1 Å². The van der Waals surface area contributed by atoms with Gasteiger partial charge in [-0.05, 0) is 42.7 Å². The Balaban J connectivity index is 1.10. The molecule has 3 aromatic rings. The maximum atomic E-state index is 13.1. The lowest BCUT2D eigenvalue weighted by molar-refractivity contribution is -0.138. The Hall–Kier alpha value is -3.06. The number of nitrogens with zero attached hydrogens (tertiary/aromatic N) is 4. The van der Waals surface area contributed by atoms with Crippen LogP contribution in [0.15, 0.2) is 52.9 Å². The van der Waals surface area contributed by atoms with Crippen molar-refractivity contribution in [2.45, 2.75) is 19.4 Å². The summed E-state index contributed by atoms with van der Waals surface area (Å²) >= 11 is 0. The number of rotatable bonds is 5. The number of piperidine rings is 1. The van der Waals surface area contributed by atoms with E-state index in [4.69, 9.17) is 9.15 Å². The van der Waals surface area contributed by atoms with E-state index in [9.17, 15) is 4.79 Å². The number of hydrogen-bond acceptors (Lipinski definition) is 6. The van der Waals surface area contributed by atoms with Gasteiger partial charge in [-0.3, -0.25) is 9.69 Å². The van der Waals surface area contributed by atoms with E-state index in [0.29, 0.717) is 11.9 Å². The summed E-state index contributed by atoms with van der Waals surface area (Å²) in [4.78, 5) is 24.3. The van der Waals surface area contributed by atoms with E-state index in [1.165, 1.54) is 5.56 Å². The van der Waals surface area contributed by atoms with Crippen LogP contribution in [0.4, 0.5) is 6.01 Å². The zero-order valence-corrected chi connectivity index (χ0v) is 18.6. The van der Waals surface area contributed by atoms with Gasteiger partial charge in [0.25, 0.3) is 6.01 Å². The second-order valence-corrected chi connectivity index (χ2v) is 8.67. The van der Waals surface area contributed by atoms with Crippen LogP contribution in [0.1, 0.15) is 18.4 Å². The highest BCUT2D eigenvalue weighted by Crippen LogP contribution is 2.27. The predicted molar refractivity (Wildman–Crippen MR) is 124 cm³/mol. The van der Waals surface area contributed by atoms with Crippen LogP contribution in [0, 0.1) is 5.92 Å². The zero-order valence-electron chi connectivity index (χ0n) is 18.6. The van der Waals surface area contributed by atoms with Gasteiger partial charge in [0, 0.05) is 51.7 Å². The minimum absolute atomic E-state index is 0.101. The number of piperazine rings is 1. The molecule has 3 heterocycles. The molecule has 0 spiro atoms. The summed E-state index contributed by atoms with van der Waals surface area (Å²) in [6.07, 6.45) is 1.70. The molecule has 2 aromatic carbocycles. The average molecular weight is 435 g/mol. The van der Waals surface area contributed by atoms with Crippen molar-refractivity contribution in [3.8, 4) is 5.75 Å². The predicted octanol–water partition coefficient (Wildman–Crippen LogP) is 3.40. The van der Waals surface area contributed by atoms with E-state index >= 15 is 0 Å². The Morgan fingerprint density at radius 1 is 1.00 bits per heavy atom. The monoisotopic (exact) mass is 434 g/mol. The molecule has 1 amide bonds. The zero-order chi connectivity index (χ0) is 21.9. The smallest absolute Gasteiger partial charge is 0.298 e. The number of benzene rings is 2. The SMILES string of the molecule is COc1ccc(CN2CCN(C(=O)C3CCN(c4nc5ccccc5o4)CC3)CC2)cc1. The van der Waals surface area contributed by atoms with Crippen molar-refractivity contribution in [1.82, 2.24) is 14.8 Å². The molecular formula is C25H30N4O3. The Labute approximate surface area is 188 Å². The van der Waals surface area contributed by atoms with Gasteiger partial charge >= 0.3 is 0 Å². The highest BCUT2D eigenvalue weighted by atomic mass is 16.5. The van der Waals surface area contributed by atoms with Crippen LogP contribution in [-0.2, 0) is 11.3 Å². The summed E-state index contributed by atoms with van der Waals surface area (Å²) in [6, 6.07) is 16.7. The molecule has 168 valence electrons. The van der Waals surface area contributed by atoms with Gasteiger partial charge in [-0.25, -0.2) is 0 Å². The molecule has 0 bridgehead atoms. The third-order valence-corrected chi connectivity index (χ3v) is 6.65. The average Bonchev–Trinajstić information content (AvgIpc) is 3.29. The molecule has 7 heteroatoms. The van der Waals surface area contributed by atoms with Crippen LogP contribution in [-0.4, -0.2) is 67.1 Å². The van der Waals surface area contributed by atoms with Crippen molar-refractivity contribution in [2.75, 3.05) is 51.3 Å². The fourth-order valence-electron chi connectivity index (χ4n) is 4.69. The third kappa shape index (κ3) is 4.43. The molecule has 0 aliphatic carbocycles. The van der Waals surface area contributed by atoms with E-state index in [1.807, 2.05) is 36.4 Å². The molecule has 32 heavy (non-hydrogen) atoms. The van der Waals surface area contributed by atoms with Crippen molar-refractivity contribution in [3.63, 3.8) is 0 Å². The van der Waals surface area contributed by atoms with Crippen molar-refractivity contribution >= 4 is 23.0 Å². The molecular weight excluding hydrogens is 404 g/mol. The Bertz CT molecular complexity index is 1020. The number of methoxy groups -OCH3 is 1. The Morgan fingerprint density at radius 2 is 1.72 bits per heavy atom. The quantitative estimate of drug-likeness (QED) is 0.613. The second kappa shape index (κ2) is 9.20. The second-order valence-electron chi connectivity index (χ2n) is 8.67. The summed E-state index contributed by atoms with van der Waals surface area (Å²) in [5, 5.41) is 0. The standard InChI is InChI=1S/C25H30N4O3/c1-31-21-8-6-19(7-9-21)18-27-14-16-28(17-15-27)24(30)20-10-12-29(13-11-20)25-26-22-4-2-3-5-23(22)32-25/h2-9,20H,10-18H2,1H3. The molecule has 0 radical (unpaired) electrons. The number of para-hydroxylation sites is 2. The van der Waals surface area contributed by atoms with Crippen molar-refractivity contribution in [2.24, 2.45) is 5.92 Å². The molecule has 0 saturated carbocycles. The number of anilines is 1. The van der Waals surface area contributed by atoms with E-state index < -0.39 is 0 Å². The normalized spacial score (nSPS) is 18.3. The van der Waals surface area contributed by atoms with E-state index in [0.717, 1.165) is 75.5 Å². The van der Waals surface area contributed by atoms with Gasteiger partial charge in [0.1, 0.15) is 11.3 Å². The lowest BCUT2D eigenvalue weighted by Crippen LogP contribution is -2.51. The minimum atomic E-state index is 0.101. The first-order valence-corrected chi connectivity index (χ1v) is 11.4. The molecule has 2 fully saturated rings. The summed E-state index contributed by atoms with van der Waals surface area (Å²) in [6.45, 7) is 5.97. The summed E-state index contributed by atoms with van der Waals surface area (Å²) in [5.74, 6) is 1.29. The van der Waals surface area contributed by atoms with Crippen molar-refractivity contribution < 1.29 is 13.9 Å². The topological polar surface area (TPSA) is 62.1 Å². The minimum Gasteiger partial charge on any atom is -0.497 e. The Kier molecular flexibility index (Phi) is 5.99. The first kappa shape index (κ1) is 20.8. The third-order valence-electron chi connectivity index (χ3n) is 6.65. The van der Waals surface area contributed by atoms with Crippen molar-refractivity contribution in [1.29, 1.82) is 0 Å². The van der Waals surface area contributed by atoms with Gasteiger partial charge in [0.2, 0.25) is 5.91 Å². The van der Waals surface area contributed by atoms with Crippen LogP contribution < -0.4 is 9.64 Å². The summed E-state index contributed by atoms with van der Waals surface area (Å²) in [7, 11) is 1.69. The number of amides is 1. The number of fused-ring (bicyclic) bond motifs is 1. The van der Waals surface area contributed by atoms with Gasteiger partial charge in [-0.2, -0.15) is 4.98 Å². The molecule has 7 nitrogen and oxygen atoms in total. The lowest BCUT2D eigenvalue weighted by atomic mass is 9.95. The lowest BCUT2D eigenvalue weighted by Gasteiger charge is -2.38. The molecule has 1 aromatic heterocycles. The van der Waals surface area contributed by atoms with Gasteiger partial charge < -0.3 is 19.0 Å². The molecule has 0 unspecified atom stereocenters. The van der Waals surface area contributed by atoms with Crippen LogP contribution in [0.25, 0.3) is 11.1 Å². The summed E-state index contributed by atoms with van der Waals surface area (Å²) < 4.78 is 11.1. The highest BCUT2D eigenvalue weighted by Gasteiger charge is 2.31. The first-order chi connectivity index (χ1) is 15.7. The largest absolute Gasteiger partial charge is 0.497 e. The maximum Gasteiger partial charge on any atom is 0.298 e. The molecule has 2 aliphatic rings. The fraction of sp³-hybridized carbons (Fsp3) is 0.440. The molecule has 2 saturated heterocycles. The highest BCUT2D eigenvalue weighted by molar-refractivity contribution is 5.79. The summed E-state index contributed by atoms with van der Waals surface area (Å²) in [5.41, 5.74) is 2.97. The first-order valence-electron chi connectivity index (χ1n) is 11.4. The van der Waals surface area contributed by atoms with Gasteiger partial charge in [0.15, 0.2) is 5.58 Å². The van der Waals surface area contributed by atoms with E-state index in [2.05, 4.69) is 31.8 Å². The van der Waals surface area contributed by atoms with Crippen LogP contribution in [0.3, 0.4) is 0 Å². The number of hydrogen-bond donors (Lipinski definition) is 0. The number of carbonyl (C=O) groups excluding carboxylic acids is 1. The number of ether oxygens (including phenoxy) is 1. The molecule has 0 atom stereocenters. The molecule has 5 rings (SSSR count).